The Labute approximate surface area is 73.0 Å². The van der Waals surface area contributed by atoms with E-state index in [1.165, 1.54) is 0 Å². The Balaban J connectivity index is 2.63. The van der Waals surface area contributed by atoms with E-state index in [1.807, 2.05) is 17.8 Å². The standard InChI is InChI=1S/C9H16N2O/c1-3-5-11-7-8(6-10-11)9(12)4-2/h6-7,9,12H,3-5H2,1-2H3. The van der Waals surface area contributed by atoms with E-state index in [0.717, 1.165) is 24.9 Å². The van der Waals surface area contributed by atoms with Crippen molar-refractivity contribution < 1.29 is 5.11 Å². The van der Waals surface area contributed by atoms with Gasteiger partial charge in [0, 0.05) is 18.3 Å². The summed E-state index contributed by atoms with van der Waals surface area (Å²) in [4.78, 5) is 0. The first kappa shape index (κ1) is 9.26. The van der Waals surface area contributed by atoms with Gasteiger partial charge >= 0.3 is 0 Å². The molecule has 1 aromatic rings. The third-order valence-corrected chi connectivity index (χ3v) is 1.88. The molecule has 0 saturated carbocycles. The minimum absolute atomic E-state index is 0.351. The molecule has 68 valence electrons. The number of aliphatic hydroxyl groups excluding tert-OH is 1. The molecule has 1 atom stereocenters. The minimum Gasteiger partial charge on any atom is -0.388 e. The molecule has 0 amide bonds. The lowest BCUT2D eigenvalue weighted by Crippen LogP contribution is -1.96. The average Bonchev–Trinajstić information content (AvgIpc) is 2.52. The molecule has 0 aromatic carbocycles. The minimum atomic E-state index is -0.351. The lowest BCUT2D eigenvalue weighted by molar-refractivity contribution is 0.173. The summed E-state index contributed by atoms with van der Waals surface area (Å²) >= 11 is 0. The molecule has 0 bridgehead atoms. The Morgan fingerprint density at radius 3 is 2.92 bits per heavy atom. The summed E-state index contributed by atoms with van der Waals surface area (Å²) in [6.07, 6.45) is 5.12. The Morgan fingerprint density at radius 1 is 1.58 bits per heavy atom. The molecule has 1 rings (SSSR count). The second kappa shape index (κ2) is 4.26. The highest BCUT2D eigenvalue weighted by Crippen LogP contribution is 2.14. The van der Waals surface area contributed by atoms with E-state index in [9.17, 15) is 5.11 Å². The third-order valence-electron chi connectivity index (χ3n) is 1.88. The largest absolute Gasteiger partial charge is 0.388 e. The smallest absolute Gasteiger partial charge is 0.0817 e. The zero-order valence-corrected chi connectivity index (χ0v) is 7.70. The van der Waals surface area contributed by atoms with E-state index in [4.69, 9.17) is 0 Å². The molecule has 0 aliphatic heterocycles. The SMILES string of the molecule is CCCn1cc(C(O)CC)cn1. The quantitative estimate of drug-likeness (QED) is 0.743. The summed E-state index contributed by atoms with van der Waals surface area (Å²) in [6, 6.07) is 0. The van der Waals surface area contributed by atoms with Crippen molar-refractivity contribution in [3.8, 4) is 0 Å². The molecule has 0 aliphatic rings. The summed E-state index contributed by atoms with van der Waals surface area (Å²) in [5.74, 6) is 0. The Hall–Kier alpha value is -0.830. The first-order valence-electron chi connectivity index (χ1n) is 4.48. The molecular weight excluding hydrogens is 152 g/mol. The maximum atomic E-state index is 9.46. The highest BCUT2D eigenvalue weighted by Gasteiger charge is 2.06. The normalized spacial score (nSPS) is 13.2. The molecule has 1 heterocycles. The van der Waals surface area contributed by atoms with Gasteiger partial charge in [-0.25, -0.2) is 0 Å². The fraction of sp³-hybridized carbons (Fsp3) is 0.667. The van der Waals surface area contributed by atoms with Crippen LogP contribution in [0.2, 0.25) is 0 Å². The van der Waals surface area contributed by atoms with Crippen LogP contribution in [-0.4, -0.2) is 14.9 Å². The summed E-state index contributed by atoms with van der Waals surface area (Å²) in [7, 11) is 0. The van der Waals surface area contributed by atoms with E-state index in [-0.39, 0.29) is 6.10 Å². The topological polar surface area (TPSA) is 38.0 Å². The van der Waals surface area contributed by atoms with Crippen LogP contribution in [0.3, 0.4) is 0 Å². The number of aryl methyl sites for hydroxylation is 1. The predicted molar refractivity (Wildman–Crippen MR) is 47.8 cm³/mol. The van der Waals surface area contributed by atoms with E-state index >= 15 is 0 Å². The van der Waals surface area contributed by atoms with Gasteiger partial charge in [0.1, 0.15) is 0 Å². The van der Waals surface area contributed by atoms with Crippen molar-refractivity contribution >= 4 is 0 Å². The molecule has 1 aromatic heterocycles. The highest BCUT2D eigenvalue weighted by atomic mass is 16.3. The number of hydrogen-bond donors (Lipinski definition) is 1. The van der Waals surface area contributed by atoms with Gasteiger partial charge in [0.15, 0.2) is 0 Å². The van der Waals surface area contributed by atoms with Crippen molar-refractivity contribution in [3.05, 3.63) is 18.0 Å². The van der Waals surface area contributed by atoms with Gasteiger partial charge in [-0.05, 0) is 12.8 Å². The molecule has 0 aliphatic carbocycles. The van der Waals surface area contributed by atoms with E-state index in [0.29, 0.717) is 0 Å². The number of rotatable bonds is 4. The molecule has 0 spiro atoms. The maximum Gasteiger partial charge on any atom is 0.0817 e. The first-order chi connectivity index (χ1) is 5.77. The Bertz CT molecular complexity index is 232. The summed E-state index contributed by atoms with van der Waals surface area (Å²) in [5.41, 5.74) is 0.922. The lowest BCUT2D eigenvalue weighted by atomic mass is 10.2. The van der Waals surface area contributed by atoms with Gasteiger partial charge in [-0.1, -0.05) is 13.8 Å². The van der Waals surface area contributed by atoms with Gasteiger partial charge in [0.2, 0.25) is 0 Å². The molecule has 1 N–H and O–H groups in total. The van der Waals surface area contributed by atoms with Crippen LogP contribution in [0.15, 0.2) is 12.4 Å². The van der Waals surface area contributed by atoms with Crippen LogP contribution >= 0.6 is 0 Å². The molecule has 3 heteroatoms. The van der Waals surface area contributed by atoms with Gasteiger partial charge < -0.3 is 5.11 Å². The van der Waals surface area contributed by atoms with Crippen LogP contribution < -0.4 is 0 Å². The maximum absolute atomic E-state index is 9.46. The Kier molecular flexibility index (Phi) is 3.29. The van der Waals surface area contributed by atoms with Crippen LogP contribution in [0.25, 0.3) is 0 Å². The monoisotopic (exact) mass is 168 g/mol. The van der Waals surface area contributed by atoms with Crippen molar-refractivity contribution in [1.82, 2.24) is 9.78 Å². The molecule has 12 heavy (non-hydrogen) atoms. The number of aliphatic hydroxyl groups is 1. The van der Waals surface area contributed by atoms with Crippen molar-refractivity contribution in [1.29, 1.82) is 0 Å². The van der Waals surface area contributed by atoms with Crippen molar-refractivity contribution in [2.24, 2.45) is 0 Å². The molecule has 1 unspecified atom stereocenters. The summed E-state index contributed by atoms with van der Waals surface area (Å²) in [5, 5.41) is 13.6. The molecule has 3 nitrogen and oxygen atoms in total. The molecule has 0 saturated heterocycles. The van der Waals surface area contributed by atoms with Crippen LogP contribution in [0.1, 0.15) is 38.4 Å². The van der Waals surface area contributed by atoms with Crippen LogP contribution in [0.4, 0.5) is 0 Å². The van der Waals surface area contributed by atoms with Crippen LogP contribution in [-0.2, 0) is 6.54 Å². The number of hydrogen-bond acceptors (Lipinski definition) is 2. The summed E-state index contributed by atoms with van der Waals surface area (Å²) in [6.45, 7) is 5.00. The second-order valence-corrected chi connectivity index (χ2v) is 2.96. The van der Waals surface area contributed by atoms with E-state index < -0.39 is 0 Å². The zero-order valence-electron chi connectivity index (χ0n) is 7.70. The van der Waals surface area contributed by atoms with E-state index in [2.05, 4.69) is 12.0 Å². The lowest BCUT2D eigenvalue weighted by Gasteiger charge is -2.02. The van der Waals surface area contributed by atoms with Gasteiger partial charge in [-0.15, -0.1) is 0 Å². The van der Waals surface area contributed by atoms with Gasteiger partial charge in [-0.2, -0.15) is 5.10 Å². The fourth-order valence-corrected chi connectivity index (χ4v) is 1.14. The van der Waals surface area contributed by atoms with Gasteiger partial charge in [-0.3, -0.25) is 4.68 Å². The second-order valence-electron chi connectivity index (χ2n) is 2.96. The van der Waals surface area contributed by atoms with Gasteiger partial charge in [0.05, 0.1) is 12.3 Å². The van der Waals surface area contributed by atoms with E-state index in [1.54, 1.807) is 6.20 Å². The molecule has 0 fully saturated rings. The van der Waals surface area contributed by atoms with Crippen LogP contribution in [0.5, 0.6) is 0 Å². The Morgan fingerprint density at radius 2 is 2.33 bits per heavy atom. The number of aromatic nitrogens is 2. The zero-order chi connectivity index (χ0) is 8.97. The van der Waals surface area contributed by atoms with Crippen molar-refractivity contribution in [2.45, 2.75) is 39.3 Å². The third kappa shape index (κ3) is 2.08. The first-order valence-corrected chi connectivity index (χ1v) is 4.48. The number of nitrogens with zero attached hydrogens (tertiary/aromatic N) is 2. The molecular formula is C9H16N2O. The van der Waals surface area contributed by atoms with Crippen molar-refractivity contribution in [2.75, 3.05) is 0 Å². The van der Waals surface area contributed by atoms with Gasteiger partial charge in [0.25, 0.3) is 0 Å². The highest BCUT2D eigenvalue weighted by molar-refractivity contribution is 5.07. The average molecular weight is 168 g/mol. The summed E-state index contributed by atoms with van der Waals surface area (Å²) < 4.78 is 1.87. The van der Waals surface area contributed by atoms with Crippen molar-refractivity contribution in [3.63, 3.8) is 0 Å². The fourth-order valence-electron chi connectivity index (χ4n) is 1.14. The predicted octanol–water partition coefficient (Wildman–Crippen LogP) is 1.74. The van der Waals surface area contributed by atoms with Crippen LogP contribution in [0, 0.1) is 0 Å². The molecule has 0 radical (unpaired) electrons.